The topological polar surface area (TPSA) is 165 Å². The van der Waals surface area contributed by atoms with Gasteiger partial charge in [0.15, 0.2) is 17.2 Å². The highest BCUT2D eigenvalue weighted by atomic mass is 16.5. The summed E-state index contributed by atoms with van der Waals surface area (Å²) in [6.45, 7) is 6.00. The number of carbonyl (C=O) groups is 1. The van der Waals surface area contributed by atoms with E-state index < -0.39 is 11.7 Å². The number of rotatable bonds is 6. The number of fused-ring (bicyclic) bond motifs is 2. The van der Waals surface area contributed by atoms with E-state index in [4.69, 9.17) is 14.2 Å². The smallest absolute Gasteiger partial charge is 0.413 e. The minimum Gasteiger partial charge on any atom is -0.465 e. The zero-order valence-corrected chi connectivity index (χ0v) is 22.2. The van der Waals surface area contributed by atoms with Gasteiger partial charge >= 0.3 is 6.09 Å². The Bertz CT molecular complexity index is 1650. The Hall–Kier alpha value is -4.74. The monoisotopic (exact) mass is 545 g/mol. The van der Waals surface area contributed by atoms with Crippen molar-refractivity contribution >= 4 is 34.8 Å². The van der Waals surface area contributed by atoms with Crippen molar-refractivity contribution in [3.8, 4) is 17.6 Å². The third-order valence-corrected chi connectivity index (χ3v) is 7.05. The molecular formula is C26H27N9O5. The maximum atomic E-state index is 12.0. The molecule has 14 heteroatoms. The van der Waals surface area contributed by atoms with Crippen LogP contribution < -0.4 is 15.0 Å². The number of anilines is 3. The SMILES string of the molecule is Cn1c(Nc2cc3n(n2)CCOC3(C)C)nc2ncc(Oc3ccnc(N(C(=O)O)C4CCOC4)c3)c(C#N)c21. The highest BCUT2D eigenvalue weighted by Crippen LogP contribution is 2.34. The molecule has 4 aromatic rings. The number of carboxylic acid groups (broad SMARTS) is 1. The first-order chi connectivity index (χ1) is 19.2. The number of nitrogens with zero attached hydrogens (tertiary/aromatic N) is 8. The van der Waals surface area contributed by atoms with E-state index in [9.17, 15) is 15.2 Å². The van der Waals surface area contributed by atoms with E-state index in [2.05, 4.69) is 31.4 Å². The summed E-state index contributed by atoms with van der Waals surface area (Å²) in [5.41, 5.74) is 1.54. The van der Waals surface area contributed by atoms with Crippen molar-refractivity contribution in [2.75, 3.05) is 30.0 Å². The van der Waals surface area contributed by atoms with Crippen LogP contribution in [0.5, 0.6) is 11.5 Å². The number of aromatic nitrogens is 6. The van der Waals surface area contributed by atoms with Crippen molar-refractivity contribution in [3.63, 3.8) is 0 Å². The van der Waals surface area contributed by atoms with Gasteiger partial charge < -0.3 is 29.2 Å². The van der Waals surface area contributed by atoms with Gasteiger partial charge in [-0.1, -0.05) is 0 Å². The van der Waals surface area contributed by atoms with Crippen LogP contribution in [-0.2, 0) is 28.7 Å². The number of aryl methyl sites for hydroxylation is 1. The van der Waals surface area contributed by atoms with Crippen molar-refractivity contribution in [2.24, 2.45) is 7.05 Å². The van der Waals surface area contributed by atoms with E-state index in [0.717, 1.165) is 5.69 Å². The summed E-state index contributed by atoms with van der Waals surface area (Å²) in [7, 11) is 1.77. The highest BCUT2D eigenvalue weighted by Gasteiger charge is 2.31. The Morgan fingerprint density at radius 1 is 1.32 bits per heavy atom. The lowest BCUT2D eigenvalue weighted by Gasteiger charge is -2.30. The average Bonchev–Trinajstić information content (AvgIpc) is 3.65. The molecule has 1 amide bonds. The molecule has 0 saturated carbocycles. The molecule has 0 spiro atoms. The van der Waals surface area contributed by atoms with Gasteiger partial charge in [0.05, 0.1) is 37.7 Å². The van der Waals surface area contributed by atoms with Crippen LogP contribution in [0.1, 0.15) is 31.5 Å². The molecule has 6 rings (SSSR count). The number of amides is 1. The Balaban J connectivity index is 1.30. The van der Waals surface area contributed by atoms with Gasteiger partial charge in [-0.25, -0.2) is 14.8 Å². The number of nitriles is 1. The van der Waals surface area contributed by atoms with Gasteiger partial charge in [0, 0.05) is 32.0 Å². The lowest BCUT2D eigenvalue weighted by Crippen LogP contribution is -2.40. The van der Waals surface area contributed by atoms with Gasteiger partial charge in [-0.2, -0.15) is 15.3 Å². The average molecular weight is 546 g/mol. The van der Waals surface area contributed by atoms with Gasteiger partial charge in [0.25, 0.3) is 0 Å². The van der Waals surface area contributed by atoms with Gasteiger partial charge in [-0.3, -0.25) is 9.58 Å². The molecule has 2 aliphatic rings. The first-order valence-corrected chi connectivity index (χ1v) is 12.7. The molecule has 0 bridgehead atoms. The first-order valence-electron chi connectivity index (χ1n) is 12.7. The van der Waals surface area contributed by atoms with Crippen LogP contribution in [-0.4, -0.2) is 66.4 Å². The molecule has 40 heavy (non-hydrogen) atoms. The van der Waals surface area contributed by atoms with Gasteiger partial charge in [-0.05, 0) is 26.3 Å². The molecule has 2 N–H and O–H groups in total. The van der Waals surface area contributed by atoms with Crippen molar-refractivity contribution in [1.82, 2.24) is 29.3 Å². The molecule has 2 aliphatic heterocycles. The lowest BCUT2D eigenvalue weighted by atomic mass is 10.0. The zero-order chi connectivity index (χ0) is 28.0. The second-order valence-electron chi connectivity index (χ2n) is 10.0. The van der Waals surface area contributed by atoms with Crippen LogP contribution in [0.15, 0.2) is 30.6 Å². The van der Waals surface area contributed by atoms with Crippen molar-refractivity contribution in [1.29, 1.82) is 5.26 Å². The fourth-order valence-corrected chi connectivity index (χ4v) is 5.05. The molecule has 1 saturated heterocycles. The molecule has 1 atom stereocenters. The van der Waals surface area contributed by atoms with E-state index in [1.807, 2.05) is 24.6 Å². The standard InChI is InChI=1S/C26H27N9O5/c1-26(2)19-11-20(32-34(19)7-9-39-26)30-24-31-23-22(33(24)3)17(12-27)18(13-29-23)40-16-4-6-28-21(10-16)35(25(36)37)15-5-8-38-14-15/h4,6,10-11,13,15H,5,7-9,14H2,1-3H3,(H,36,37)(H,29,30,31,32). The molecule has 1 fully saturated rings. The molecular weight excluding hydrogens is 518 g/mol. The van der Waals surface area contributed by atoms with E-state index >= 15 is 0 Å². The summed E-state index contributed by atoms with van der Waals surface area (Å²) in [5.74, 6) is 1.76. The number of nitrogens with one attached hydrogen (secondary N) is 1. The highest BCUT2D eigenvalue weighted by molar-refractivity contribution is 5.86. The fourth-order valence-electron chi connectivity index (χ4n) is 5.05. The second-order valence-corrected chi connectivity index (χ2v) is 10.0. The van der Waals surface area contributed by atoms with Crippen molar-refractivity contribution in [2.45, 2.75) is 38.5 Å². The molecule has 206 valence electrons. The Morgan fingerprint density at radius 2 is 2.17 bits per heavy atom. The molecule has 6 heterocycles. The predicted molar refractivity (Wildman–Crippen MR) is 142 cm³/mol. The predicted octanol–water partition coefficient (Wildman–Crippen LogP) is 3.51. The minimum atomic E-state index is -1.13. The molecule has 0 aliphatic carbocycles. The van der Waals surface area contributed by atoms with Crippen LogP contribution in [0.4, 0.5) is 22.4 Å². The van der Waals surface area contributed by atoms with Crippen LogP contribution >= 0.6 is 0 Å². The maximum absolute atomic E-state index is 12.0. The number of hydrogen-bond acceptors (Lipinski definition) is 10. The third kappa shape index (κ3) is 4.44. The molecule has 0 radical (unpaired) electrons. The summed E-state index contributed by atoms with van der Waals surface area (Å²) >= 11 is 0. The van der Waals surface area contributed by atoms with Crippen molar-refractivity contribution < 1.29 is 24.1 Å². The normalized spacial score (nSPS) is 17.8. The fraction of sp³-hybridized carbons (Fsp3) is 0.385. The van der Waals surface area contributed by atoms with Gasteiger partial charge in [-0.15, -0.1) is 0 Å². The number of pyridine rings is 2. The Morgan fingerprint density at radius 3 is 2.90 bits per heavy atom. The van der Waals surface area contributed by atoms with Crippen LogP contribution in [0.25, 0.3) is 11.2 Å². The summed E-state index contributed by atoms with van der Waals surface area (Å²) in [6, 6.07) is 6.88. The summed E-state index contributed by atoms with van der Waals surface area (Å²) < 4.78 is 20.9. The summed E-state index contributed by atoms with van der Waals surface area (Å²) in [5, 5.41) is 27.7. The largest absolute Gasteiger partial charge is 0.465 e. The van der Waals surface area contributed by atoms with Crippen LogP contribution in [0.2, 0.25) is 0 Å². The van der Waals surface area contributed by atoms with Crippen molar-refractivity contribution in [3.05, 3.63) is 41.9 Å². The maximum Gasteiger partial charge on any atom is 0.413 e. The molecule has 1 unspecified atom stereocenters. The third-order valence-electron chi connectivity index (χ3n) is 7.05. The summed E-state index contributed by atoms with van der Waals surface area (Å²) in [4.78, 5) is 26.3. The quantitative estimate of drug-likeness (QED) is 0.364. The first kappa shape index (κ1) is 25.5. The number of hydrogen-bond donors (Lipinski definition) is 2. The second kappa shape index (κ2) is 9.78. The van der Waals surface area contributed by atoms with Crippen LogP contribution in [0.3, 0.4) is 0 Å². The van der Waals surface area contributed by atoms with E-state index in [-0.39, 0.29) is 23.2 Å². The Labute approximate surface area is 228 Å². The number of imidazole rings is 1. The molecule has 0 aromatic carbocycles. The molecule has 14 nitrogen and oxygen atoms in total. The molecule has 4 aromatic heterocycles. The lowest BCUT2D eigenvalue weighted by molar-refractivity contribution is -0.0532. The van der Waals surface area contributed by atoms with E-state index in [1.54, 1.807) is 17.7 Å². The van der Waals surface area contributed by atoms with E-state index in [1.165, 1.54) is 23.4 Å². The van der Waals surface area contributed by atoms with Gasteiger partial charge in [0.2, 0.25) is 5.95 Å². The zero-order valence-electron chi connectivity index (χ0n) is 22.2. The Kier molecular flexibility index (Phi) is 6.24. The van der Waals surface area contributed by atoms with Crippen LogP contribution in [0, 0.1) is 11.3 Å². The minimum absolute atomic E-state index is 0.198. The summed E-state index contributed by atoms with van der Waals surface area (Å²) in [6.07, 6.45) is 2.32. The van der Waals surface area contributed by atoms with E-state index in [0.29, 0.717) is 61.5 Å². The number of ether oxygens (including phenoxy) is 3. The van der Waals surface area contributed by atoms with Gasteiger partial charge in [0.1, 0.15) is 34.3 Å².